The topological polar surface area (TPSA) is 176 Å². The summed E-state index contributed by atoms with van der Waals surface area (Å²) in [6, 6.07) is 7.79. The van der Waals surface area contributed by atoms with Crippen molar-refractivity contribution in [1.29, 1.82) is 0 Å². The Morgan fingerprint density at radius 3 is 2.66 bits per heavy atom. The number of likely N-dealkylation sites (tertiary alicyclic amines) is 1. The molecule has 5 rings (SSSR count). The SMILES string of the molecule is CC(C)(C)OC(=O)[C@@]1(CN)CCCN1C(=O)c1cc2ncnc(N[C@@H](CCC(=O)O)c3nc4ccc(Cl)cc4[nH]3)c2cc1Cl. The smallest absolute Gasteiger partial charge is 0.333 e. The van der Waals surface area contributed by atoms with Crippen LogP contribution in [-0.2, 0) is 14.3 Å². The summed E-state index contributed by atoms with van der Waals surface area (Å²) in [5.74, 6) is -1.10. The zero-order chi connectivity index (χ0) is 31.8. The van der Waals surface area contributed by atoms with Crippen LogP contribution in [-0.4, -0.2) is 72.0 Å². The number of halogens is 2. The van der Waals surface area contributed by atoms with Gasteiger partial charge in [-0.05, 0) is 70.4 Å². The molecule has 1 aliphatic heterocycles. The number of rotatable bonds is 9. The Bertz CT molecular complexity index is 1760. The predicted octanol–water partition coefficient (Wildman–Crippen LogP) is 5.11. The second-order valence-electron chi connectivity index (χ2n) is 11.8. The third kappa shape index (κ3) is 6.28. The third-order valence-electron chi connectivity index (χ3n) is 7.56. The van der Waals surface area contributed by atoms with Crippen molar-refractivity contribution in [2.24, 2.45) is 5.73 Å². The minimum Gasteiger partial charge on any atom is -0.481 e. The molecular formula is C30H33Cl2N7O5. The Kier molecular flexibility index (Phi) is 8.70. The highest BCUT2D eigenvalue weighted by molar-refractivity contribution is 6.35. The number of amides is 1. The number of esters is 1. The van der Waals surface area contributed by atoms with E-state index in [0.29, 0.717) is 58.0 Å². The summed E-state index contributed by atoms with van der Waals surface area (Å²) in [7, 11) is 0. The van der Waals surface area contributed by atoms with Crippen LogP contribution in [0.25, 0.3) is 21.9 Å². The van der Waals surface area contributed by atoms with Crippen molar-refractivity contribution in [3.63, 3.8) is 0 Å². The first-order valence-electron chi connectivity index (χ1n) is 14.1. The van der Waals surface area contributed by atoms with Crippen LogP contribution in [0.5, 0.6) is 0 Å². The zero-order valence-electron chi connectivity index (χ0n) is 24.5. The average Bonchev–Trinajstić information content (AvgIpc) is 3.58. The maximum atomic E-state index is 13.9. The van der Waals surface area contributed by atoms with Crippen LogP contribution in [0.4, 0.5) is 5.82 Å². The van der Waals surface area contributed by atoms with Gasteiger partial charge in [-0.1, -0.05) is 23.2 Å². The van der Waals surface area contributed by atoms with Crippen LogP contribution in [0.2, 0.25) is 10.0 Å². The van der Waals surface area contributed by atoms with Gasteiger partial charge in [-0.2, -0.15) is 0 Å². The first kappa shape index (κ1) is 31.4. The number of carboxylic acid groups (broad SMARTS) is 1. The van der Waals surface area contributed by atoms with Gasteiger partial charge in [-0.15, -0.1) is 0 Å². The molecular weight excluding hydrogens is 609 g/mol. The van der Waals surface area contributed by atoms with Crippen molar-refractivity contribution < 1.29 is 24.2 Å². The number of aliphatic carboxylic acids is 1. The van der Waals surface area contributed by atoms with Crippen LogP contribution >= 0.6 is 23.2 Å². The van der Waals surface area contributed by atoms with Crippen LogP contribution in [0.3, 0.4) is 0 Å². The summed E-state index contributed by atoms with van der Waals surface area (Å²) in [6.45, 7) is 5.50. The van der Waals surface area contributed by atoms with Crippen LogP contribution in [0, 0.1) is 0 Å². The zero-order valence-corrected chi connectivity index (χ0v) is 26.0. The molecule has 1 fully saturated rings. The van der Waals surface area contributed by atoms with Gasteiger partial charge in [0, 0.05) is 29.9 Å². The molecule has 5 N–H and O–H groups in total. The highest BCUT2D eigenvalue weighted by atomic mass is 35.5. The van der Waals surface area contributed by atoms with E-state index in [9.17, 15) is 19.5 Å². The summed E-state index contributed by atoms with van der Waals surface area (Å²) in [4.78, 5) is 56.7. The van der Waals surface area contributed by atoms with E-state index in [4.69, 9.17) is 33.7 Å². The molecule has 0 unspecified atom stereocenters. The van der Waals surface area contributed by atoms with Gasteiger partial charge in [0.05, 0.1) is 33.2 Å². The van der Waals surface area contributed by atoms with Gasteiger partial charge in [0.25, 0.3) is 5.91 Å². The van der Waals surface area contributed by atoms with Crippen molar-refractivity contribution in [2.45, 2.75) is 63.6 Å². The number of nitrogens with two attached hydrogens (primary N) is 1. The van der Waals surface area contributed by atoms with Gasteiger partial charge in [0.2, 0.25) is 0 Å². The van der Waals surface area contributed by atoms with E-state index in [1.54, 1.807) is 51.1 Å². The van der Waals surface area contributed by atoms with Crippen LogP contribution < -0.4 is 11.1 Å². The molecule has 0 aliphatic carbocycles. The van der Waals surface area contributed by atoms with Crippen LogP contribution in [0.15, 0.2) is 36.7 Å². The van der Waals surface area contributed by atoms with Crippen molar-refractivity contribution >= 4 is 68.8 Å². The molecule has 0 radical (unpaired) electrons. The molecule has 1 aliphatic rings. The van der Waals surface area contributed by atoms with Crippen molar-refractivity contribution in [3.8, 4) is 0 Å². The van der Waals surface area contributed by atoms with E-state index >= 15 is 0 Å². The maximum Gasteiger partial charge on any atom is 0.333 e. The molecule has 2 atom stereocenters. The number of aromatic nitrogens is 4. The minimum atomic E-state index is -1.31. The summed E-state index contributed by atoms with van der Waals surface area (Å²) >= 11 is 12.8. The maximum absolute atomic E-state index is 13.9. The number of anilines is 1. The standard InChI is InChI=1S/C30H33Cl2N7O5/c1-29(2,3)44-28(43)30(14-33)9-4-10-39(30)27(42)17-13-22-18(12-19(17)32)25(35-15-34-22)37-21(7-8-24(40)41)26-36-20-6-5-16(31)11-23(20)38-26/h5-6,11-13,15,21H,4,7-10,14,33H2,1-3H3,(H,36,38)(H,40,41)(H,34,35,37)/t21-,30-/m0/s1. The number of hydrogen-bond donors (Lipinski definition) is 4. The molecule has 0 spiro atoms. The molecule has 1 saturated heterocycles. The van der Waals surface area contributed by atoms with Gasteiger partial charge in [-0.25, -0.2) is 19.7 Å². The number of nitrogens with zero attached hydrogens (tertiary/aromatic N) is 4. The van der Waals surface area contributed by atoms with Gasteiger partial charge in [0.1, 0.15) is 23.6 Å². The van der Waals surface area contributed by atoms with E-state index in [1.165, 1.54) is 11.2 Å². The van der Waals surface area contributed by atoms with Gasteiger partial charge in [-0.3, -0.25) is 9.59 Å². The molecule has 2 aromatic heterocycles. The van der Waals surface area contributed by atoms with Crippen molar-refractivity contribution in [1.82, 2.24) is 24.8 Å². The Morgan fingerprint density at radius 2 is 1.95 bits per heavy atom. The highest BCUT2D eigenvalue weighted by Crippen LogP contribution is 2.36. The van der Waals surface area contributed by atoms with Gasteiger partial charge >= 0.3 is 11.9 Å². The highest BCUT2D eigenvalue weighted by Gasteiger charge is 2.51. The van der Waals surface area contributed by atoms with Crippen LogP contribution in [0.1, 0.15) is 68.7 Å². The second kappa shape index (κ2) is 12.2. The number of nitrogens with one attached hydrogen (secondary N) is 2. The summed E-state index contributed by atoms with van der Waals surface area (Å²) < 4.78 is 5.66. The number of fused-ring (bicyclic) bond motifs is 2. The summed E-state index contributed by atoms with van der Waals surface area (Å²) in [5.41, 5.74) is 5.99. The number of carboxylic acids is 1. The number of carbonyl (C=O) groups is 3. The molecule has 12 nitrogen and oxygen atoms in total. The molecule has 232 valence electrons. The Balaban J connectivity index is 1.48. The van der Waals surface area contributed by atoms with E-state index < -0.39 is 35.0 Å². The lowest BCUT2D eigenvalue weighted by Gasteiger charge is -2.37. The second-order valence-corrected chi connectivity index (χ2v) is 12.6. The van der Waals surface area contributed by atoms with Crippen molar-refractivity contribution in [2.75, 3.05) is 18.4 Å². The third-order valence-corrected chi connectivity index (χ3v) is 8.10. The Morgan fingerprint density at radius 1 is 1.18 bits per heavy atom. The normalized spacial score (nSPS) is 17.6. The van der Waals surface area contributed by atoms with Gasteiger partial charge < -0.3 is 30.8 Å². The Hall–Kier alpha value is -4.00. The van der Waals surface area contributed by atoms with Crippen molar-refractivity contribution in [3.05, 3.63) is 58.1 Å². The summed E-state index contributed by atoms with van der Waals surface area (Å²) in [5, 5.41) is 13.8. The summed E-state index contributed by atoms with van der Waals surface area (Å²) in [6.07, 6.45) is 2.35. The quantitative estimate of drug-likeness (QED) is 0.180. The number of carbonyl (C=O) groups excluding carboxylic acids is 2. The molecule has 44 heavy (non-hydrogen) atoms. The number of aromatic amines is 1. The number of benzene rings is 2. The lowest BCUT2D eigenvalue weighted by Crippen LogP contribution is -2.59. The fourth-order valence-electron chi connectivity index (χ4n) is 5.43. The fourth-order valence-corrected chi connectivity index (χ4v) is 5.85. The first-order valence-corrected chi connectivity index (χ1v) is 14.9. The van der Waals surface area contributed by atoms with E-state index in [0.717, 1.165) is 0 Å². The van der Waals surface area contributed by atoms with Gasteiger partial charge in [0.15, 0.2) is 5.54 Å². The number of imidazole rings is 1. The minimum absolute atomic E-state index is 0.0964. The molecule has 4 aromatic rings. The Labute approximate surface area is 263 Å². The number of ether oxygens (including phenoxy) is 1. The molecule has 3 heterocycles. The molecule has 2 aromatic carbocycles. The number of H-pyrrole nitrogens is 1. The van der Waals surface area contributed by atoms with E-state index in [2.05, 4.69) is 25.3 Å². The average molecular weight is 643 g/mol. The molecule has 0 bridgehead atoms. The molecule has 14 heteroatoms. The fraction of sp³-hybridized carbons (Fsp3) is 0.400. The van der Waals surface area contributed by atoms with E-state index in [-0.39, 0.29) is 30.0 Å². The number of hydrogen-bond acceptors (Lipinski definition) is 9. The lowest BCUT2D eigenvalue weighted by atomic mass is 9.95. The van der Waals surface area contributed by atoms with E-state index in [1.807, 2.05) is 0 Å². The molecule has 1 amide bonds. The lowest BCUT2D eigenvalue weighted by molar-refractivity contribution is -0.166. The monoisotopic (exact) mass is 641 g/mol. The molecule has 0 saturated carbocycles. The largest absolute Gasteiger partial charge is 0.481 e. The predicted molar refractivity (Wildman–Crippen MR) is 167 cm³/mol. The first-order chi connectivity index (χ1) is 20.8.